The largest absolute Gasteiger partial charge is 0.401 e. The summed E-state index contributed by atoms with van der Waals surface area (Å²) >= 11 is 0. The number of likely N-dealkylation sites (tertiary alicyclic amines) is 1. The van der Waals surface area contributed by atoms with Gasteiger partial charge in [-0.1, -0.05) is 6.92 Å². The minimum absolute atomic E-state index is 0.256. The molecular formula is C9H15F3N2O. The molecule has 0 radical (unpaired) electrons. The van der Waals surface area contributed by atoms with Crippen LogP contribution in [0.25, 0.3) is 0 Å². The average molecular weight is 224 g/mol. The zero-order valence-electron chi connectivity index (χ0n) is 8.55. The Morgan fingerprint density at radius 2 is 2.13 bits per heavy atom. The van der Waals surface area contributed by atoms with Crippen LogP contribution in [0.4, 0.5) is 13.2 Å². The Bertz CT molecular complexity index is 242. The van der Waals surface area contributed by atoms with Gasteiger partial charge in [-0.25, -0.2) is 0 Å². The molecule has 0 aliphatic carbocycles. The number of amides is 1. The average Bonchev–Trinajstić information content (AvgIpc) is 2.05. The normalized spacial score (nSPS) is 29.1. The Morgan fingerprint density at radius 1 is 1.53 bits per heavy atom. The van der Waals surface area contributed by atoms with E-state index in [1.54, 1.807) is 0 Å². The highest BCUT2D eigenvalue weighted by atomic mass is 19.4. The summed E-state index contributed by atoms with van der Waals surface area (Å²) in [7, 11) is 0. The summed E-state index contributed by atoms with van der Waals surface area (Å²) in [4.78, 5) is 12.1. The number of hydrogen-bond donors (Lipinski definition) is 1. The van der Waals surface area contributed by atoms with Crippen LogP contribution >= 0.6 is 0 Å². The first kappa shape index (κ1) is 12.3. The maximum absolute atomic E-state index is 12.2. The molecule has 0 saturated carbocycles. The van der Waals surface area contributed by atoms with Gasteiger partial charge >= 0.3 is 6.18 Å². The van der Waals surface area contributed by atoms with Crippen LogP contribution in [0.15, 0.2) is 0 Å². The Labute approximate surface area is 86.4 Å². The van der Waals surface area contributed by atoms with Gasteiger partial charge in [-0.05, 0) is 25.3 Å². The van der Waals surface area contributed by atoms with Crippen LogP contribution in [0.5, 0.6) is 0 Å². The fourth-order valence-corrected chi connectivity index (χ4v) is 1.91. The Balaban J connectivity index is 2.65. The lowest BCUT2D eigenvalue weighted by Gasteiger charge is -2.36. The lowest BCUT2D eigenvalue weighted by Crippen LogP contribution is -2.52. The third-order valence-corrected chi connectivity index (χ3v) is 2.69. The molecule has 1 amide bonds. The number of primary amides is 1. The minimum atomic E-state index is -4.27. The van der Waals surface area contributed by atoms with E-state index in [-0.39, 0.29) is 12.5 Å². The summed E-state index contributed by atoms with van der Waals surface area (Å²) in [5, 5.41) is 0. The molecule has 1 rings (SSSR count). The van der Waals surface area contributed by atoms with Crippen LogP contribution in [-0.2, 0) is 4.79 Å². The number of nitrogens with two attached hydrogens (primary N) is 1. The summed E-state index contributed by atoms with van der Waals surface area (Å²) in [6.07, 6.45) is -3.17. The fraction of sp³-hybridized carbons (Fsp3) is 0.889. The molecule has 0 bridgehead atoms. The lowest BCUT2D eigenvalue weighted by molar-refractivity contribution is -0.158. The highest BCUT2D eigenvalue weighted by Gasteiger charge is 2.38. The first-order valence-electron chi connectivity index (χ1n) is 4.89. The van der Waals surface area contributed by atoms with Gasteiger partial charge in [0.1, 0.15) is 0 Å². The van der Waals surface area contributed by atoms with Crippen LogP contribution in [0.2, 0.25) is 0 Å². The summed E-state index contributed by atoms with van der Waals surface area (Å²) in [6.45, 7) is 1.16. The van der Waals surface area contributed by atoms with Gasteiger partial charge in [0.25, 0.3) is 0 Å². The topological polar surface area (TPSA) is 46.3 Å². The van der Waals surface area contributed by atoms with Crippen LogP contribution in [0.3, 0.4) is 0 Å². The van der Waals surface area contributed by atoms with Gasteiger partial charge in [-0.3, -0.25) is 9.69 Å². The SMILES string of the molecule is C[C@H]1CCN(CC(F)(F)F)[C@@H](C(N)=O)C1. The van der Waals surface area contributed by atoms with Crippen molar-refractivity contribution >= 4 is 5.91 Å². The van der Waals surface area contributed by atoms with Gasteiger partial charge in [-0.2, -0.15) is 13.2 Å². The highest BCUT2D eigenvalue weighted by molar-refractivity contribution is 5.80. The van der Waals surface area contributed by atoms with Crippen molar-refractivity contribution in [2.24, 2.45) is 11.7 Å². The Kier molecular flexibility index (Phi) is 3.59. The Morgan fingerprint density at radius 3 is 2.60 bits per heavy atom. The Hall–Kier alpha value is -0.780. The van der Waals surface area contributed by atoms with Gasteiger partial charge in [0.15, 0.2) is 0 Å². The van der Waals surface area contributed by atoms with E-state index in [4.69, 9.17) is 5.73 Å². The summed E-state index contributed by atoms with van der Waals surface area (Å²) in [6, 6.07) is -0.768. The van der Waals surface area contributed by atoms with E-state index in [2.05, 4.69) is 0 Å². The molecule has 2 N–H and O–H groups in total. The number of carbonyl (C=O) groups excluding carboxylic acids is 1. The first-order chi connectivity index (χ1) is 6.79. The van der Waals surface area contributed by atoms with Crippen LogP contribution in [0.1, 0.15) is 19.8 Å². The van der Waals surface area contributed by atoms with Crippen molar-refractivity contribution in [3.8, 4) is 0 Å². The third-order valence-electron chi connectivity index (χ3n) is 2.69. The molecule has 3 nitrogen and oxygen atoms in total. The fourth-order valence-electron chi connectivity index (χ4n) is 1.91. The second-order valence-electron chi connectivity index (χ2n) is 4.13. The zero-order chi connectivity index (χ0) is 11.6. The van der Waals surface area contributed by atoms with Crippen molar-refractivity contribution in [2.45, 2.75) is 32.0 Å². The molecule has 1 fully saturated rings. The van der Waals surface area contributed by atoms with Crippen molar-refractivity contribution in [1.82, 2.24) is 4.90 Å². The predicted molar refractivity (Wildman–Crippen MR) is 49.0 cm³/mol. The molecule has 1 heterocycles. The van der Waals surface area contributed by atoms with Gasteiger partial charge < -0.3 is 5.73 Å². The van der Waals surface area contributed by atoms with Gasteiger partial charge in [0, 0.05) is 0 Å². The molecule has 6 heteroatoms. The second-order valence-corrected chi connectivity index (χ2v) is 4.13. The van der Waals surface area contributed by atoms with E-state index < -0.39 is 24.7 Å². The number of piperidine rings is 1. The number of rotatable bonds is 2. The molecule has 0 spiro atoms. The molecule has 2 atom stereocenters. The molecule has 0 aromatic heterocycles. The predicted octanol–water partition coefficient (Wildman–Crippen LogP) is 1.13. The minimum Gasteiger partial charge on any atom is -0.368 e. The number of halogens is 3. The number of hydrogen-bond acceptors (Lipinski definition) is 2. The molecule has 0 unspecified atom stereocenters. The van der Waals surface area contributed by atoms with E-state index >= 15 is 0 Å². The quantitative estimate of drug-likeness (QED) is 0.764. The van der Waals surface area contributed by atoms with Crippen LogP contribution in [0, 0.1) is 5.92 Å². The number of alkyl halides is 3. The molecular weight excluding hydrogens is 209 g/mol. The smallest absolute Gasteiger partial charge is 0.368 e. The van der Waals surface area contributed by atoms with Gasteiger partial charge in [0.2, 0.25) is 5.91 Å². The van der Waals surface area contributed by atoms with E-state index in [9.17, 15) is 18.0 Å². The van der Waals surface area contributed by atoms with Crippen LogP contribution in [-0.4, -0.2) is 36.1 Å². The molecule has 1 aliphatic rings. The van der Waals surface area contributed by atoms with Crippen molar-refractivity contribution in [3.63, 3.8) is 0 Å². The molecule has 88 valence electrons. The summed E-state index contributed by atoms with van der Waals surface area (Å²) in [5.41, 5.74) is 5.09. The van der Waals surface area contributed by atoms with E-state index in [0.29, 0.717) is 12.8 Å². The molecule has 0 aromatic carbocycles. The molecule has 0 aromatic rings. The van der Waals surface area contributed by atoms with Gasteiger partial charge in [0.05, 0.1) is 12.6 Å². The van der Waals surface area contributed by atoms with Crippen molar-refractivity contribution in [1.29, 1.82) is 0 Å². The van der Waals surface area contributed by atoms with E-state index in [1.807, 2.05) is 6.92 Å². The number of carbonyl (C=O) groups is 1. The third kappa shape index (κ3) is 3.70. The summed E-state index contributed by atoms with van der Waals surface area (Å²) in [5.74, 6) is -0.405. The standard InChI is InChI=1S/C9H15F3N2O/c1-6-2-3-14(5-9(10,11)12)7(4-6)8(13)15/h6-7H,2-5H2,1H3,(H2,13,15)/t6-,7+/m0/s1. The van der Waals surface area contributed by atoms with E-state index in [0.717, 1.165) is 4.90 Å². The van der Waals surface area contributed by atoms with Crippen molar-refractivity contribution < 1.29 is 18.0 Å². The second kappa shape index (κ2) is 4.38. The lowest BCUT2D eigenvalue weighted by atomic mass is 9.92. The maximum Gasteiger partial charge on any atom is 0.401 e. The molecule has 1 aliphatic heterocycles. The van der Waals surface area contributed by atoms with Crippen molar-refractivity contribution in [3.05, 3.63) is 0 Å². The monoisotopic (exact) mass is 224 g/mol. The summed E-state index contributed by atoms with van der Waals surface area (Å²) < 4.78 is 36.5. The number of nitrogens with zero attached hydrogens (tertiary/aromatic N) is 1. The highest BCUT2D eigenvalue weighted by Crippen LogP contribution is 2.26. The van der Waals surface area contributed by atoms with Crippen molar-refractivity contribution in [2.75, 3.05) is 13.1 Å². The van der Waals surface area contributed by atoms with Gasteiger partial charge in [-0.15, -0.1) is 0 Å². The van der Waals surface area contributed by atoms with Crippen LogP contribution < -0.4 is 5.73 Å². The molecule has 15 heavy (non-hydrogen) atoms. The molecule has 1 saturated heterocycles. The zero-order valence-corrected chi connectivity index (χ0v) is 8.55. The van der Waals surface area contributed by atoms with E-state index in [1.165, 1.54) is 0 Å². The maximum atomic E-state index is 12.2. The first-order valence-corrected chi connectivity index (χ1v) is 4.89.